The van der Waals surface area contributed by atoms with Crippen molar-refractivity contribution >= 4 is 11.8 Å². The quantitative estimate of drug-likeness (QED) is 0.876. The van der Waals surface area contributed by atoms with E-state index in [-0.39, 0.29) is 18.1 Å². The second kappa shape index (κ2) is 7.43. The topological polar surface area (TPSA) is 58.6 Å². The molecular weight excluding hydrogens is 337 g/mol. The minimum atomic E-state index is -4.54. The number of carbonyl (C=O) groups excluding carboxylic acids is 2. The Labute approximate surface area is 144 Å². The lowest BCUT2D eigenvalue weighted by Crippen LogP contribution is -2.59. The number of carbonyl (C=O) groups is 2. The molecule has 25 heavy (non-hydrogen) atoms. The van der Waals surface area contributed by atoms with Crippen LogP contribution in [0.2, 0.25) is 0 Å². The van der Waals surface area contributed by atoms with E-state index in [2.05, 4.69) is 5.32 Å². The van der Waals surface area contributed by atoms with Crippen molar-refractivity contribution in [3.05, 3.63) is 35.4 Å². The molecule has 5 nitrogen and oxygen atoms in total. The first kappa shape index (κ1) is 19.2. The summed E-state index contributed by atoms with van der Waals surface area (Å²) < 4.78 is 44.5. The van der Waals surface area contributed by atoms with Gasteiger partial charge in [-0.3, -0.25) is 9.59 Å². The van der Waals surface area contributed by atoms with Gasteiger partial charge in [-0.1, -0.05) is 18.2 Å². The van der Waals surface area contributed by atoms with Gasteiger partial charge in [-0.15, -0.1) is 0 Å². The predicted octanol–water partition coefficient (Wildman–Crippen LogP) is 2.00. The fourth-order valence-corrected chi connectivity index (χ4v) is 3.37. The van der Waals surface area contributed by atoms with Gasteiger partial charge in [-0.2, -0.15) is 13.2 Å². The van der Waals surface area contributed by atoms with E-state index < -0.39 is 29.6 Å². The van der Waals surface area contributed by atoms with E-state index in [1.807, 2.05) is 0 Å². The van der Waals surface area contributed by atoms with Crippen LogP contribution in [0, 0.1) is 0 Å². The molecule has 1 fully saturated rings. The van der Waals surface area contributed by atoms with Gasteiger partial charge in [0, 0.05) is 20.7 Å². The third-order valence-corrected chi connectivity index (χ3v) is 4.49. The maximum Gasteiger partial charge on any atom is 0.416 e. The smallest absolute Gasteiger partial charge is 0.382 e. The summed E-state index contributed by atoms with van der Waals surface area (Å²) in [5.74, 6) is -0.890. The molecule has 0 spiro atoms. The van der Waals surface area contributed by atoms with Crippen LogP contribution in [0.1, 0.15) is 24.0 Å². The number of likely N-dealkylation sites (tertiary alicyclic amines) is 1. The number of alkyl halides is 3. The summed E-state index contributed by atoms with van der Waals surface area (Å²) >= 11 is 0. The van der Waals surface area contributed by atoms with Crippen LogP contribution >= 0.6 is 0 Å². The second-order valence-corrected chi connectivity index (χ2v) is 6.02. The van der Waals surface area contributed by atoms with Crippen LogP contribution in [0.15, 0.2) is 24.3 Å². The number of ether oxygens (including phenoxy) is 1. The molecule has 1 heterocycles. The normalized spacial score (nSPS) is 20.6. The Morgan fingerprint density at radius 2 is 2.00 bits per heavy atom. The fourth-order valence-electron chi connectivity index (χ4n) is 3.37. The van der Waals surface area contributed by atoms with E-state index in [1.165, 1.54) is 37.3 Å². The Bertz CT molecular complexity index is 648. The van der Waals surface area contributed by atoms with Crippen LogP contribution in [-0.2, 0) is 26.9 Å². The molecular formula is C17H21F3N2O3. The SMILES string of the molecule is CNC(=O)C1(COC)CCCN1C(=O)Cc1ccccc1C(F)(F)F. The number of hydrogen-bond acceptors (Lipinski definition) is 3. The molecule has 1 atom stereocenters. The summed E-state index contributed by atoms with van der Waals surface area (Å²) in [6, 6.07) is 4.98. The lowest BCUT2D eigenvalue weighted by molar-refractivity contribution is -0.148. The van der Waals surface area contributed by atoms with Gasteiger partial charge in [0.2, 0.25) is 11.8 Å². The Balaban J connectivity index is 2.30. The van der Waals surface area contributed by atoms with Crippen LogP contribution in [-0.4, -0.2) is 49.6 Å². The summed E-state index contributed by atoms with van der Waals surface area (Å²) in [6.45, 7) is 0.309. The third-order valence-electron chi connectivity index (χ3n) is 4.49. The van der Waals surface area contributed by atoms with Crippen LogP contribution in [0.25, 0.3) is 0 Å². The van der Waals surface area contributed by atoms with E-state index in [1.54, 1.807) is 0 Å². The van der Waals surface area contributed by atoms with Crippen molar-refractivity contribution in [3.8, 4) is 0 Å². The molecule has 8 heteroatoms. The molecule has 1 aromatic carbocycles. The first-order valence-corrected chi connectivity index (χ1v) is 7.93. The zero-order valence-electron chi connectivity index (χ0n) is 14.2. The maximum atomic E-state index is 13.1. The van der Waals surface area contributed by atoms with Crippen molar-refractivity contribution < 1.29 is 27.5 Å². The largest absolute Gasteiger partial charge is 0.416 e. The van der Waals surface area contributed by atoms with Crippen LogP contribution in [0.3, 0.4) is 0 Å². The highest BCUT2D eigenvalue weighted by Gasteiger charge is 2.49. The highest BCUT2D eigenvalue weighted by Crippen LogP contribution is 2.34. The van der Waals surface area contributed by atoms with Gasteiger partial charge in [0.15, 0.2) is 0 Å². The molecule has 0 aromatic heterocycles. The highest BCUT2D eigenvalue weighted by atomic mass is 19.4. The molecule has 1 aliphatic heterocycles. The number of rotatable bonds is 5. The molecule has 1 unspecified atom stereocenters. The zero-order chi connectivity index (χ0) is 18.7. The molecule has 1 saturated heterocycles. The number of halogens is 3. The van der Waals surface area contributed by atoms with Crippen molar-refractivity contribution in [2.75, 3.05) is 27.3 Å². The second-order valence-electron chi connectivity index (χ2n) is 6.02. The number of likely N-dealkylation sites (N-methyl/N-ethyl adjacent to an activating group) is 1. The molecule has 2 rings (SSSR count). The summed E-state index contributed by atoms with van der Waals surface area (Å²) in [4.78, 5) is 26.4. The van der Waals surface area contributed by atoms with Gasteiger partial charge in [0.05, 0.1) is 18.6 Å². The lowest BCUT2D eigenvalue weighted by atomic mass is 9.94. The van der Waals surface area contributed by atoms with Gasteiger partial charge in [0.1, 0.15) is 5.54 Å². The Kier molecular flexibility index (Phi) is 5.72. The average Bonchev–Trinajstić information content (AvgIpc) is 2.99. The lowest BCUT2D eigenvalue weighted by Gasteiger charge is -2.36. The first-order valence-electron chi connectivity index (χ1n) is 7.93. The minimum Gasteiger partial charge on any atom is -0.382 e. The molecule has 138 valence electrons. The molecule has 0 radical (unpaired) electrons. The van der Waals surface area contributed by atoms with E-state index in [0.29, 0.717) is 19.4 Å². The van der Waals surface area contributed by atoms with E-state index >= 15 is 0 Å². The molecule has 1 aliphatic rings. The van der Waals surface area contributed by atoms with Crippen molar-refractivity contribution in [1.29, 1.82) is 0 Å². The van der Waals surface area contributed by atoms with Crippen molar-refractivity contribution in [3.63, 3.8) is 0 Å². The zero-order valence-corrected chi connectivity index (χ0v) is 14.2. The van der Waals surface area contributed by atoms with Crippen LogP contribution in [0.4, 0.5) is 13.2 Å². The molecule has 1 aromatic rings. The van der Waals surface area contributed by atoms with Gasteiger partial charge >= 0.3 is 6.18 Å². The van der Waals surface area contributed by atoms with Crippen LogP contribution < -0.4 is 5.32 Å². The number of methoxy groups -OCH3 is 1. The summed E-state index contributed by atoms with van der Waals surface area (Å²) in [6.07, 6.45) is -3.96. The molecule has 0 saturated carbocycles. The van der Waals surface area contributed by atoms with Crippen molar-refractivity contribution in [1.82, 2.24) is 10.2 Å². The van der Waals surface area contributed by atoms with Gasteiger partial charge in [0.25, 0.3) is 0 Å². The number of amides is 2. The number of benzene rings is 1. The van der Waals surface area contributed by atoms with Gasteiger partial charge in [-0.25, -0.2) is 0 Å². The Morgan fingerprint density at radius 1 is 1.32 bits per heavy atom. The first-order chi connectivity index (χ1) is 11.8. The van der Waals surface area contributed by atoms with Crippen molar-refractivity contribution in [2.45, 2.75) is 31.0 Å². The summed E-state index contributed by atoms with van der Waals surface area (Å²) in [5.41, 5.74) is -2.11. The maximum absolute atomic E-state index is 13.1. The van der Waals surface area contributed by atoms with Crippen LogP contribution in [0.5, 0.6) is 0 Å². The number of hydrogen-bond donors (Lipinski definition) is 1. The average molecular weight is 358 g/mol. The van der Waals surface area contributed by atoms with E-state index in [4.69, 9.17) is 4.74 Å². The fraction of sp³-hybridized carbons (Fsp3) is 0.529. The number of nitrogens with zero attached hydrogens (tertiary/aromatic N) is 1. The monoisotopic (exact) mass is 358 g/mol. The molecule has 1 N–H and O–H groups in total. The highest BCUT2D eigenvalue weighted by molar-refractivity contribution is 5.92. The molecule has 0 aliphatic carbocycles. The minimum absolute atomic E-state index is 0.000664. The van der Waals surface area contributed by atoms with Gasteiger partial charge < -0.3 is 15.0 Å². The van der Waals surface area contributed by atoms with E-state index in [9.17, 15) is 22.8 Å². The van der Waals surface area contributed by atoms with E-state index in [0.717, 1.165) is 6.07 Å². The third kappa shape index (κ3) is 3.78. The summed E-state index contributed by atoms with van der Waals surface area (Å²) in [7, 11) is 2.88. The Hall–Kier alpha value is -2.09. The Morgan fingerprint density at radius 3 is 2.60 bits per heavy atom. The standard InChI is InChI=1S/C17H21F3N2O3/c1-21-15(24)16(11-25-2)8-5-9-22(16)14(23)10-12-6-3-4-7-13(12)17(18,19)20/h3-4,6-7H,5,8-11H2,1-2H3,(H,21,24). The molecule has 2 amide bonds. The summed E-state index contributed by atoms with van der Waals surface area (Å²) in [5, 5.41) is 2.52. The van der Waals surface area contributed by atoms with Gasteiger partial charge in [-0.05, 0) is 24.5 Å². The predicted molar refractivity (Wildman–Crippen MR) is 84.8 cm³/mol. The number of nitrogens with one attached hydrogen (secondary N) is 1. The van der Waals surface area contributed by atoms with Crippen molar-refractivity contribution in [2.24, 2.45) is 0 Å². The molecule has 0 bridgehead atoms.